The molecule has 0 bridgehead atoms. The zero-order valence-electron chi connectivity index (χ0n) is 13.0. The fourth-order valence-electron chi connectivity index (χ4n) is 2.24. The Bertz CT molecular complexity index is 578. The minimum Gasteiger partial charge on any atom is -0.493 e. The summed E-state index contributed by atoms with van der Waals surface area (Å²) in [5.41, 5.74) is 4.01. The first-order valence-electron chi connectivity index (χ1n) is 6.65. The number of aromatic nitrogens is 2. The molecular weight excluding hydrogens is 270 g/mol. The Balaban J connectivity index is 2.24. The minimum atomic E-state index is 0.597. The van der Waals surface area contributed by atoms with Crippen molar-refractivity contribution < 1.29 is 14.2 Å². The van der Waals surface area contributed by atoms with E-state index in [0.29, 0.717) is 23.8 Å². The van der Waals surface area contributed by atoms with Gasteiger partial charge in [0.2, 0.25) is 5.75 Å². The Labute approximate surface area is 124 Å². The normalized spacial score (nSPS) is 10.3. The highest BCUT2D eigenvalue weighted by atomic mass is 16.5. The van der Waals surface area contributed by atoms with E-state index in [-0.39, 0.29) is 0 Å². The van der Waals surface area contributed by atoms with Crippen molar-refractivity contribution in [2.24, 2.45) is 0 Å². The summed E-state index contributed by atoms with van der Waals surface area (Å²) < 4.78 is 16.0. The molecule has 0 unspecified atom stereocenters. The molecule has 0 atom stereocenters. The number of aromatic amines is 1. The largest absolute Gasteiger partial charge is 0.493 e. The number of nitrogens with one attached hydrogen (secondary N) is 2. The number of hydrogen-bond acceptors (Lipinski definition) is 5. The number of anilines is 1. The molecule has 0 saturated carbocycles. The second-order valence-electron chi connectivity index (χ2n) is 4.70. The van der Waals surface area contributed by atoms with E-state index < -0.39 is 0 Å². The van der Waals surface area contributed by atoms with Crippen LogP contribution in [0.2, 0.25) is 0 Å². The number of hydrogen-bond donors (Lipinski definition) is 2. The molecule has 0 spiro atoms. The van der Waals surface area contributed by atoms with Crippen molar-refractivity contribution in [3.05, 3.63) is 29.1 Å². The standard InChI is InChI=1S/C15H21N3O3/c1-9-14(10(2)18-17-9)16-8-11-6-12(19-3)15(21-5)13(7-11)20-4/h6-7,16H,8H2,1-5H3,(H,17,18). The first-order valence-corrected chi connectivity index (χ1v) is 6.65. The average molecular weight is 291 g/mol. The average Bonchev–Trinajstić information content (AvgIpc) is 2.82. The lowest BCUT2D eigenvalue weighted by atomic mass is 10.1. The summed E-state index contributed by atoms with van der Waals surface area (Å²) in [7, 11) is 4.81. The highest BCUT2D eigenvalue weighted by Crippen LogP contribution is 2.38. The summed E-state index contributed by atoms with van der Waals surface area (Å²) in [6.07, 6.45) is 0. The maximum absolute atomic E-state index is 5.35. The van der Waals surface area contributed by atoms with Crippen LogP contribution in [0.3, 0.4) is 0 Å². The van der Waals surface area contributed by atoms with Gasteiger partial charge in [0.25, 0.3) is 0 Å². The quantitative estimate of drug-likeness (QED) is 0.856. The lowest BCUT2D eigenvalue weighted by Gasteiger charge is -2.14. The molecule has 1 heterocycles. The second kappa shape index (κ2) is 6.39. The first-order chi connectivity index (χ1) is 10.1. The van der Waals surface area contributed by atoms with Gasteiger partial charge in [-0.1, -0.05) is 0 Å². The van der Waals surface area contributed by atoms with Crippen molar-refractivity contribution >= 4 is 5.69 Å². The third-order valence-electron chi connectivity index (χ3n) is 3.32. The van der Waals surface area contributed by atoms with Crippen LogP contribution in [0.25, 0.3) is 0 Å². The van der Waals surface area contributed by atoms with E-state index in [1.54, 1.807) is 21.3 Å². The molecule has 0 radical (unpaired) electrons. The minimum absolute atomic E-state index is 0.597. The Morgan fingerprint density at radius 2 is 1.67 bits per heavy atom. The van der Waals surface area contributed by atoms with E-state index in [2.05, 4.69) is 15.5 Å². The third kappa shape index (κ3) is 3.04. The molecule has 0 aliphatic carbocycles. The number of methoxy groups -OCH3 is 3. The van der Waals surface area contributed by atoms with Gasteiger partial charge < -0.3 is 19.5 Å². The lowest BCUT2D eigenvalue weighted by molar-refractivity contribution is 0.324. The Morgan fingerprint density at radius 1 is 1.05 bits per heavy atom. The molecule has 1 aromatic heterocycles. The molecule has 2 rings (SSSR count). The van der Waals surface area contributed by atoms with Gasteiger partial charge in [0.05, 0.1) is 38.4 Å². The molecule has 0 aliphatic heterocycles. The zero-order valence-corrected chi connectivity index (χ0v) is 13.0. The number of H-pyrrole nitrogens is 1. The molecule has 0 aliphatic rings. The summed E-state index contributed by atoms with van der Waals surface area (Å²) in [6.45, 7) is 4.58. The van der Waals surface area contributed by atoms with Gasteiger partial charge >= 0.3 is 0 Å². The Hall–Kier alpha value is -2.37. The molecular formula is C15H21N3O3. The lowest BCUT2D eigenvalue weighted by Crippen LogP contribution is -2.03. The molecule has 0 fully saturated rings. The van der Waals surface area contributed by atoms with Crippen molar-refractivity contribution in [1.82, 2.24) is 10.2 Å². The second-order valence-corrected chi connectivity index (χ2v) is 4.70. The molecule has 2 N–H and O–H groups in total. The van der Waals surface area contributed by atoms with Crippen LogP contribution in [0, 0.1) is 13.8 Å². The fourth-order valence-corrected chi connectivity index (χ4v) is 2.24. The number of nitrogens with zero attached hydrogens (tertiary/aromatic N) is 1. The van der Waals surface area contributed by atoms with Crippen LogP contribution < -0.4 is 19.5 Å². The highest BCUT2D eigenvalue weighted by Gasteiger charge is 2.13. The predicted molar refractivity (Wildman–Crippen MR) is 81.5 cm³/mol. The van der Waals surface area contributed by atoms with Crippen LogP contribution in [0.5, 0.6) is 17.2 Å². The van der Waals surface area contributed by atoms with Crippen LogP contribution in [0.1, 0.15) is 17.0 Å². The van der Waals surface area contributed by atoms with Crippen molar-refractivity contribution in [2.75, 3.05) is 26.6 Å². The molecule has 114 valence electrons. The topological polar surface area (TPSA) is 68.4 Å². The Morgan fingerprint density at radius 3 is 2.10 bits per heavy atom. The van der Waals surface area contributed by atoms with Crippen molar-refractivity contribution in [1.29, 1.82) is 0 Å². The molecule has 0 amide bonds. The van der Waals surface area contributed by atoms with Gasteiger partial charge in [-0.3, -0.25) is 5.10 Å². The molecule has 0 saturated heterocycles. The van der Waals surface area contributed by atoms with Gasteiger partial charge in [-0.15, -0.1) is 0 Å². The highest BCUT2D eigenvalue weighted by molar-refractivity contribution is 5.56. The van der Waals surface area contributed by atoms with Gasteiger partial charge in [0.1, 0.15) is 0 Å². The zero-order chi connectivity index (χ0) is 15.4. The van der Waals surface area contributed by atoms with Gasteiger partial charge in [-0.2, -0.15) is 5.10 Å². The van der Waals surface area contributed by atoms with E-state index in [1.165, 1.54) is 0 Å². The first kappa shape index (κ1) is 15.0. The van der Waals surface area contributed by atoms with Crippen LogP contribution in [-0.2, 0) is 6.54 Å². The van der Waals surface area contributed by atoms with Crippen LogP contribution in [0.15, 0.2) is 12.1 Å². The van der Waals surface area contributed by atoms with Crippen molar-refractivity contribution in [3.8, 4) is 17.2 Å². The molecule has 6 nitrogen and oxygen atoms in total. The predicted octanol–water partition coefficient (Wildman–Crippen LogP) is 2.66. The summed E-state index contributed by atoms with van der Waals surface area (Å²) in [6, 6.07) is 3.86. The fraction of sp³-hybridized carbons (Fsp3) is 0.400. The Kier molecular flexibility index (Phi) is 4.57. The van der Waals surface area contributed by atoms with Gasteiger partial charge in [0, 0.05) is 6.54 Å². The van der Waals surface area contributed by atoms with Gasteiger partial charge in [-0.25, -0.2) is 0 Å². The maximum atomic E-state index is 5.35. The smallest absolute Gasteiger partial charge is 0.203 e. The van der Waals surface area contributed by atoms with Gasteiger partial charge in [-0.05, 0) is 31.5 Å². The SMILES string of the molecule is COc1cc(CNc2c(C)n[nH]c2C)cc(OC)c1OC. The van der Waals surface area contributed by atoms with Crippen LogP contribution in [0.4, 0.5) is 5.69 Å². The number of benzene rings is 1. The van der Waals surface area contributed by atoms with E-state index in [1.807, 2.05) is 26.0 Å². The number of rotatable bonds is 6. The van der Waals surface area contributed by atoms with Crippen molar-refractivity contribution in [2.45, 2.75) is 20.4 Å². The van der Waals surface area contributed by atoms with E-state index in [0.717, 1.165) is 22.6 Å². The monoisotopic (exact) mass is 291 g/mol. The summed E-state index contributed by atoms with van der Waals surface area (Å²) >= 11 is 0. The summed E-state index contributed by atoms with van der Waals surface area (Å²) in [4.78, 5) is 0. The van der Waals surface area contributed by atoms with Gasteiger partial charge in [0.15, 0.2) is 11.5 Å². The summed E-state index contributed by atoms with van der Waals surface area (Å²) in [5, 5.41) is 10.5. The molecule has 2 aromatic rings. The maximum Gasteiger partial charge on any atom is 0.203 e. The van der Waals surface area contributed by atoms with E-state index in [4.69, 9.17) is 14.2 Å². The third-order valence-corrected chi connectivity index (χ3v) is 3.32. The van der Waals surface area contributed by atoms with Crippen molar-refractivity contribution in [3.63, 3.8) is 0 Å². The number of aryl methyl sites for hydroxylation is 2. The van der Waals surface area contributed by atoms with E-state index >= 15 is 0 Å². The van der Waals surface area contributed by atoms with Crippen LogP contribution >= 0.6 is 0 Å². The summed E-state index contributed by atoms with van der Waals surface area (Å²) in [5.74, 6) is 1.89. The molecule has 6 heteroatoms. The molecule has 21 heavy (non-hydrogen) atoms. The number of ether oxygens (including phenoxy) is 3. The van der Waals surface area contributed by atoms with Crippen LogP contribution in [-0.4, -0.2) is 31.5 Å². The molecule has 1 aromatic carbocycles. The van der Waals surface area contributed by atoms with E-state index in [9.17, 15) is 0 Å².